The van der Waals surface area contributed by atoms with Gasteiger partial charge in [-0.05, 0) is 105 Å². The molecule has 0 fully saturated rings. The molecule has 59 heavy (non-hydrogen) atoms. The lowest BCUT2D eigenvalue weighted by Gasteiger charge is -2.09. The number of para-hydroxylation sites is 1. The highest BCUT2D eigenvalue weighted by Crippen LogP contribution is 2.39. The van der Waals surface area contributed by atoms with Gasteiger partial charge in [-0.1, -0.05) is 109 Å². The van der Waals surface area contributed by atoms with E-state index in [4.69, 9.17) is 24.6 Å². The summed E-state index contributed by atoms with van der Waals surface area (Å²) in [5.74, 6) is 0.928. The number of fused-ring (bicyclic) bond motifs is 12. The second kappa shape index (κ2) is 13.3. The number of rotatable bonds is 5. The molecule has 12 rings (SSSR count). The van der Waals surface area contributed by atoms with E-state index in [0.29, 0.717) is 18.2 Å². The van der Waals surface area contributed by atoms with Crippen molar-refractivity contribution in [3.05, 3.63) is 193 Å². The lowest BCUT2D eigenvalue weighted by atomic mass is 9.99. The Labute approximate surface area is 342 Å². The molecule has 12 aromatic rings. The van der Waals surface area contributed by atoms with Crippen LogP contribution in [0.4, 0.5) is 0 Å². The molecule has 9 aromatic carbocycles. The molecule has 0 aliphatic carbocycles. The second-order valence-electron chi connectivity index (χ2n) is 15.1. The van der Waals surface area contributed by atoms with Gasteiger partial charge in [-0.15, -0.1) is 11.3 Å². The van der Waals surface area contributed by atoms with Crippen molar-refractivity contribution in [3.8, 4) is 11.1 Å². The van der Waals surface area contributed by atoms with Gasteiger partial charge in [0.15, 0.2) is 5.84 Å². The monoisotopic (exact) mass is 775 g/mol. The summed E-state index contributed by atoms with van der Waals surface area (Å²) in [5.41, 5.74) is 15.3. The predicted octanol–water partition coefficient (Wildman–Crippen LogP) is 14.2. The molecule has 2 N–H and O–H groups in total. The highest BCUT2D eigenvalue weighted by Gasteiger charge is 2.16. The molecule has 3 aromatic heterocycles. The van der Waals surface area contributed by atoms with Crippen LogP contribution in [-0.4, -0.2) is 11.7 Å². The number of furan rings is 2. The number of hydrogen-bond donors (Lipinski definition) is 1. The highest BCUT2D eigenvalue weighted by atomic mass is 32.1. The van der Waals surface area contributed by atoms with E-state index < -0.39 is 0 Å². The maximum absolute atomic E-state index is 6.91. The molecule has 0 saturated carbocycles. The van der Waals surface area contributed by atoms with Gasteiger partial charge < -0.3 is 14.6 Å². The number of nitrogens with two attached hydrogens (primary N) is 1. The molecule has 0 saturated heterocycles. The molecule has 0 radical (unpaired) electrons. The van der Waals surface area contributed by atoms with Crippen LogP contribution in [0, 0.1) is 0 Å². The predicted molar refractivity (Wildman–Crippen MR) is 248 cm³/mol. The van der Waals surface area contributed by atoms with Crippen LogP contribution in [-0.2, 0) is 6.54 Å². The van der Waals surface area contributed by atoms with Gasteiger partial charge in [-0.25, -0.2) is 4.99 Å². The van der Waals surface area contributed by atoms with Crippen molar-refractivity contribution in [2.75, 3.05) is 0 Å². The molecule has 0 spiro atoms. The minimum Gasteiger partial charge on any atom is -0.456 e. The van der Waals surface area contributed by atoms with Gasteiger partial charge in [0.2, 0.25) is 0 Å². The van der Waals surface area contributed by atoms with Gasteiger partial charge >= 0.3 is 0 Å². The van der Waals surface area contributed by atoms with Crippen molar-refractivity contribution in [3.63, 3.8) is 0 Å². The zero-order valence-electron chi connectivity index (χ0n) is 31.6. The van der Waals surface area contributed by atoms with Crippen LogP contribution in [0.25, 0.3) is 96.7 Å². The fourth-order valence-corrected chi connectivity index (χ4v) is 9.76. The quantitative estimate of drug-likeness (QED) is 0.107. The second-order valence-corrected chi connectivity index (χ2v) is 16.2. The van der Waals surface area contributed by atoms with E-state index in [1.807, 2.05) is 53.8 Å². The topological polar surface area (TPSA) is 77.0 Å². The third kappa shape index (κ3) is 5.60. The largest absolute Gasteiger partial charge is 0.456 e. The van der Waals surface area contributed by atoms with E-state index in [0.717, 1.165) is 76.9 Å². The zero-order chi connectivity index (χ0) is 39.0. The summed E-state index contributed by atoms with van der Waals surface area (Å²) < 4.78 is 15.2. The van der Waals surface area contributed by atoms with Gasteiger partial charge in [-0.3, -0.25) is 4.99 Å². The van der Waals surface area contributed by atoms with E-state index in [-0.39, 0.29) is 0 Å². The van der Waals surface area contributed by atoms with Crippen molar-refractivity contribution in [1.29, 1.82) is 0 Å². The van der Waals surface area contributed by atoms with Crippen LogP contribution in [0.1, 0.15) is 16.7 Å². The molecule has 3 heterocycles. The van der Waals surface area contributed by atoms with Crippen molar-refractivity contribution in [1.82, 2.24) is 0 Å². The maximum Gasteiger partial charge on any atom is 0.157 e. The van der Waals surface area contributed by atoms with E-state index in [2.05, 4.69) is 133 Å². The third-order valence-corrected chi connectivity index (χ3v) is 12.7. The minimum absolute atomic E-state index is 0.369. The Morgan fingerprint density at radius 1 is 0.458 bits per heavy atom. The van der Waals surface area contributed by atoms with Crippen molar-refractivity contribution < 1.29 is 8.83 Å². The number of amidine groups is 2. The van der Waals surface area contributed by atoms with Crippen LogP contribution in [0.3, 0.4) is 0 Å². The molecular weight excluding hydrogens is 743 g/mol. The Hall–Kier alpha value is -7.54. The van der Waals surface area contributed by atoms with Crippen LogP contribution >= 0.6 is 11.3 Å². The summed E-state index contributed by atoms with van der Waals surface area (Å²) in [5, 5.41) is 11.4. The van der Waals surface area contributed by atoms with Crippen LogP contribution in [0.15, 0.2) is 195 Å². The fourth-order valence-electron chi connectivity index (χ4n) is 8.67. The molecule has 0 aliphatic rings. The lowest BCUT2D eigenvalue weighted by Crippen LogP contribution is -2.16. The number of nitrogens with zero attached hydrogens (tertiary/aromatic N) is 2. The number of benzene rings is 9. The van der Waals surface area contributed by atoms with Gasteiger partial charge in [0.25, 0.3) is 0 Å². The lowest BCUT2D eigenvalue weighted by molar-refractivity contribution is 0.668. The Morgan fingerprint density at radius 2 is 1.08 bits per heavy atom. The first-order valence-electron chi connectivity index (χ1n) is 19.7. The van der Waals surface area contributed by atoms with E-state index in [1.54, 1.807) is 0 Å². The maximum atomic E-state index is 6.91. The van der Waals surface area contributed by atoms with Crippen LogP contribution in [0.2, 0.25) is 0 Å². The summed E-state index contributed by atoms with van der Waals surface area (Å²) in [6, 6.07) is 61.4. The average Bonchev–Trinajstić information content (AvgIpc) is 3.98. The standard InChI is InChI=1S/C53H33N3O2S/c54-52(35-21-24-46-42(28-35)39-11-3-5-13-45(39)57-46)56-53(36-19-18-32-17-16-31-8-1-2-10-38(31)41(32)29-36)55-30-37-9-7-14-48-51(37)44-27-33(20-23-47(44)58-48)34-22-25-50-43(26-34)40-12-4-6-15-49(40)59-50/h1-29H,30H2,(H2,54,55,56). The molecule has 0 aliphatic heterocycles. The molecule has 0 atom stereocenters. The number of hydrogen-bond acceptors (Lipinski definition) is 4. The Morgan fingerprint density at radius 3 is 2.00 bits per heavy atom. The summed E-state index contributed by atoms with van der Waals surface area (Å²) in [6.07, 6.45) is 0. The molecule has 0 bridgehead atoms. The molecule has 278 valence electrons. The van der Waals surface area contributed by atoms with Gasteiger partial charge in [0.05, 0.1) is 6.54 Å². The summed E-state index contributed by atoms with van der Waals surface area (Å²) in [4.78, 5) is 10.4. The summed E-state index contributed by atoms with van der Waals surface area (Å²) >= 11 is 1.84. The zero-order valence-corrected chi connectivity index (χ0v) is 32.5. The van der Waals surface area contributed by atoms with E-state index in [1.165, 1.54) is 36.5 Å². The first kappa shape index (κ1) is 33.6. The fraction of sp³-hybridized carbons (Fsp3) is 0.0189. The summed E-state index contributed by atoms with van der Waals surface area (Å²) in [7, 11) is 0. The van der Waals surface area contributed by atoms with Gasteiger partial charge in [0, 0.05) is 52.8 Å². The van der Waals surface area contributed by atoms with Crippen molar-refractivity contribution >= 4 is 109 Å². The molecule has 5 nitrogen and oxygen atoms in total. The first-order valence-corrected chi connectivity index (χ1v) is 20.5. The van der Waals surface area contributed by atoms with Crippen molar-refractivity contribution in [2.24, 2.45) is 15.7 Å². The summed E-state index contributed by atoms with van der Waals surface area (Å²) in [6.45, 7) is 0.369. The minimum atomic E-state index is 0.369. The van der Waals surface area contributed by atoms with E-state index >= 15 is 0 Å². The normalized spacial score (nSPS) is 12.7. The SMILES string of the molecule is NC(=NC(=NCc1cccc2oc3ccc(-c4ccc5sc6ccccc6c5c4)cc3c12)c1ccc2ccc3ccccc3c2c1)c1ccc2oc3ccccc3c2c1. The average molecular weight is 776 g/mol. The molecule has 0 unspecified atom stereocenters. The van der Waals surface area contributed by atoms with Gasteiger partial charge in [0.1, 0.15) is 28.2 Å². The Bertz CT molecular complexity index is 3730. The van der Waals surface area contributed by atoms with E-state index in [9.17, 15) is 0 Å². The Balaban J connectivity index is 0.992. The first-order chi connectivity index (χ1) is 29.1. The number of thiophene rings is 1. The van der Waals surface area contributed by atoms with Crippen LogP contribution in [0.5, 0.6) is 0 Å². The third-order valence-electron chi connectivity index (χ3n) is 11.6. The molecular formula is C53H33N3O2S. The van der Waals surface area contributed by atoms with Crippen LogP contribution < -0.4 is 5.73 Å². The Kier molecular flexibility index (Phi) is 7.55. The smallest absolute Gasteiger partial charge is 0.157 e. The van der Waals surface area contributed by atoms with Crippen molar-refractivity contribution in [2.45, 2.75) is 6.54 Å². The number of aliphatic imine (C=N–C) groups is 2. The molecule has 6 heteroatoms. The van der Waals surface area contributed by atoms with Gasteiger partial charge in [-0.2, -0.15) is 0 Å². The molecule has 0 amide bonds. The highest BCUT2D eigenvalue weighted by molar-refractivity contribution is 7.25.